The van der Waals surface area contributed by atoms with E-state index >= 15 is 0 Å². The molecule has 10 nitrogen and oxygen atoms in total. The van der Waals surface area contributed by atoms with Gasteiger partial charge in [-0.25, -0.2) is 13.8 Å². The van der Waals surface area contributed by atoms with Crippen LogP contribution in [-0.2, 0) is 9.53 Å². The largest absolute Gasteiger partial charge is 0.378 e. The quantitative estimate of drug-likeness (QED) is 0.484. The number of hydrogen-bond acceptors (Lipinski definition) is 8. The molecule has 12 heteroatoms. The van der Waals surface area contributed by atoms with E-state index < -0.39 is 6.43 Å². The summed E-state index contributed by atoms with van der Waals surface area (Å²) in [5, 5.41) is 3.34. The molecule has 36 heavy (non-hydrogen) atoms. The van der Waals surface area contributed by atoms with Gasteiger partial charge in [0.1, 0.15) is 11.6 Å². The Morgan fingerprint density at radius 3 is 2.53 bits per heavy atom. The maximum atomic E-state index is 14.0. The van der Waals surface area contributed by atoms with E-state index in [1.54, 1.807) is 30.3 Å². The molecule has 0 radical (unpaired) electrons. The van der Waals surface area contributed by atoms with E-state index in [1.165, 1.54) is 4.57 Å². The molecule has 0 aliphatic carbocycles. The zero-order valence-electron chi connectivity index (χ0n) is 19.9. The van der Waals surface area contributed by atoms with Gasteiger partial charge in [0.15, 0.2) is 5.82 Å². The summed E-state index contributed by atoms with van der Waals surface area (Å²) in [5.74, 6) is 1.08. The number of morpholine rings is 1. The minimum atomic E-state index is -2.76. The number of halogens is 2. The fourth-order valence-corrected chi connectivity index (χ4v) is 4.81. The molecule has 2 fully saturated rings. The first kappa shape index (κ1) is 24.3. The Kier molecular flexibility index (Phi) is 7.23. The molecule has 2 aromatic heterocycles. The summed E-state index contributed by atoms with van der Waals surface area (Å²) in [6, 6.07) is 8.78. The van der Waals surface area contributed by atoms with Gasteiger partial charge in [-0.1, -0.05) is 12.1 Å². The molecule has 0 unspecified atom stereocenters. The molecule has 2 aliphatic rings. The smallest absolute Gasteiger partial charge is 0.296 e. The predicted molar refractivity (Wildman–Crippen MR) is 131 cm³/mol. The number of benzene rings is 1. The van der Waals surface area contributed by atoms with Crippen LogP contribution in [0.1, 0.15) is 25.1 Å². The van der Waals surface area contributed by atoms with Gasteiger partial charge in [-0.2, -0.15) is 9.97 Å². The summed E-state index contributed by atoms with van der Waals surface area (Å²) in [6.45, 7) is 4.97. The van der Waals surface area contributed by atoms with Crippen LogP contribution < -0.4 is 16.0 Å². The minimum Gasteiger partial charge on any atom is -0.378 e. The summed E-state index contributed by atoms with van der Waals surface area (Å²) >= 11 is 0. The molecule has 3 N–H and O–H groups in total. The molecule has 0 spiro atoms. The van der Waals surface area contributed by atoms with Crippen LogP contribution in [-0.4, -0.2) is 82.8 Å². The topological polar surface area (TPSA) is 114 Å². The summed E-state index contributed by atoms with van der Waals surface area (Å²) in [7, 11) is 0. The molecule has 5 rings (SSSR count). The monoisotopic (exact) mass is 500 g/mol. The molecular formula is C24H30F2N8O2. The van der Waals surface area contributed by atoms with Gasteiger partial charge in [0.25, 0.3) is 6.43 Å². The Labute approximate surface area is 207 Å². The van der Waals surface area contributed by atoms with Crippen molar-refractivity contribution in [3.05, 3.63) is 36.2 Å². The number of nitrogens with two attached hydrogens (primary N) is 1. The van der Waals surface area contributed by atoms with Crippen LogP contribution in [0.2, 0.25) is 0 Å². The van der Waals surface area contributed by atoms with Crippen molar-refractivity contribution in [2.24, 2.45) is 11.7 Å². The van der Waals surface area contributed by atoms with E-state index in [1.807, 2.05) is 0 Å². The Morgan fingerprint density at radius 2 is 1.81 bits per heavy atom. The van der Waals surface area contributed by atoms with Crippen LogP contribution in [0.5, 0.6) is 0 Å². The number of ether oxygens (including phenoxy) is 1. The van der Waals surface area contributed by atoms with Crippen molar-refractivity contribution in [1.29, 1.82) is 0 Å². The number of para-hydroxylation sites is 2. The van der Waals surface area contributed by atoms with Gasteiger partial charge in [-0.15, -0.1) is 0 Å². The number of anilines is 2. The average molecular weight is 501 g/mol. The second-order valence-electron chi connectivity index (χ2n) is 9.17. The van der Waals surface area contributed by atoms with Gasteiger partial charge in [0, 0.05) is 25.7 Å². The van der Waals surface area contributed by atoms with Crippen molar-refractivity contribution in [3.63, 3.8) is 0 Å². The Bertz CT molecular complexity index is 1210. The number of carbonyl (C=O) groups is 1. The summed E-state index contributed by atoms with van der Waals surface area (Å²) in [6.07, 6.45) is -0.933. The summed E-state index contributed by atoms with van der Waals surface area (Å²) < 4.78 is 34.9. The van der Waals surface area contributed by atoms with Crippen LogP contribution in [0.3, 0.4) is 0 Å². The molecule has 2 aliphatic heterocycles. The highest BCUT2D eigenvalue weighted by Crippen LogP contribution is 2.29. The van der Waals surface area contributed by atoms with Crippen molar-refractivity contribution < 1.29 is 18.3 Å². The third-order valence-corrected chi connectivity index (χ3v) is 6.68. The fraction of sp³-hybridized carbons (Fsp3) is 0.500. The number of piperidine rings is 1. The van der Waals surface area contributed by atoms with Crippen LogP contribution in [0.4, 0.5) is 20.5 Å². The second-order valence-corrected chi connectivity index (χ2v) is 9.17. The minimum absolute atomic E-state index is 0.277. The van der Waals surface area contributed by atoms with Crippen molar-refractivity contribution in [2.45, 2.75) is 19.3 Å². The highest BCUT2D eigenvalue weighted by Gasteiger charge is 2.24. The molecule has 1 amide bonds. The maximum Gasteiger partial charge on any atom is 0.296 e. The number of hydrogen-bond donors (Lipinski definition) is 2. The van der Waals surface area contributed by atoms with Crippen molar-refractivity contribution in [2.75, 3.05) is 62.7 Å². The van der Waals surface area contributed by atoms with E-state index in [4.69, 9.17) is 15.5 Å². The molecule has 0 bridgehead atoms. The Hall–Kier alpha value is -3.38. The zero-order valence-corrected chi connectivity index (χ0v) is 19.9. The highest BCUT2D eigenvalue weighted by molar-refractivity contribution is 5.78. The predicted octanol–water partition coefficient (Wildman–Crippen LogP) is 2.20. The third kappa shape index (κ3) is 5.39. The first-order valence-corrected chi connectivity index (χ1v) is 12.2. The number of carbonyl (C=O) groups excluding carboxylic acids is 1. The van der Waals surface area contributed by atoms with Crippen LogP contribution in [0.25, 0.3) is 16.9 Å². The lowest BCUT2D eigenvalue weighted by Crippen LogP contribution is -2.40. The molecular weight excluding hydrogens is 470 g/mol. The number of rotatable bonds is 8. The first-order valence-electron chi connectivity index (χ1n) is 12.2. The number of aromatic nitrogens is 4. The number of nitrogens with one attached hydrogen (secondary N) is 1. The molecule has 2 saturated heterocycles. The number of fused-ring (bicyclic) bond motifs is 1. The molecule has 1 aromatic carbocycles. The van der Waals surface area contributed by atoms with Gasteiger partial charge in [-0.05, 0) is 44.0 Å². The lowest BCUT2D eigenvalue weighted by molar-refractivity contribution is -0.119. The molecule has 0 saturated carbocycles. The normalized spacial score (nSPS) is 17.7. The van der Waals surface area contributed by atoms with Gasteiger partial charge < -0.3 is 20.7 Å². The Morgan fingerprint density at radius 1 is 1.08 bits per heavy atom. The number of imidazole rings is 1. The SMILES string of the molecule is NC(=O)CN1CCC(CNc2nc(N3CCOCC3)cc(-n3c(C(F)F)nc4ccccc43)n2)CC1. The van der Waals surface area contributed by atoms with Gasteiger partial charge in [0.2, 0.25) is 11.9 Å². The first-order chi connectivity index (χ1) is 17.5. The van der Waals surface area contributed by atoms with Gasteiger partial charge in [0.05, 0.1) is 30.8 Å². The number of likely N-dealkylation sites (tertiary alicyclic amines) is 1. The van der Waals surface area contributed by atoms with Crippen LogP contribution in [0.15, 0.2) is 30.3 Å². The van der Waals surface area contributed by atoms with Gasteiger partial charge in [-0.3, -0.25) is 14.3 Å². The molecule has 4 heterocycles. The molecule has 0 atom stereocenters. The van der Waals surface area contributed by atoms with Crippen molar-refractivity contribution in [3.8, 4) is 5.82 Å². The molecule has 192 valence electrons. The standard InChI is InChI=1S/C24H30F2N8O2/c25-22(26)23-29-17-3-1-2-4-18(17)34(23)21-13-20(33-9-11-36-12-10-33)30-24(31-21)28-14-16-5-7-32(8-6-16)15-19(27)35/h1-4,13,16,22H,5-12,14-15H2,(H2,27,35)(H,28,30,31). The average Bonchev–Trinajstić information content (AvgIpc) is 3.29. The lowest BCUT2D eigenvalue weighted by atomic mass is 9.97. The molecule has 3 aromatic rings. The van der Waals surface area contributed by atoms with Crippen LogP contribution >= 0.6 is 0 Å². The van der Waals surface area contributed by atoms with E-state index in [2.05, 4.69) is 25.1 Å². The zero-order chi connectivity index (χ0) is 25.1. The van der Waals surface area contributed by atoms with Crippen molar-refractivity contribution >= 4 is 28.7 Å². The second kappa shape index (κ2) is 10.7. The number of nitrogens with zero attached hydrogens (tertiary/aromatic N) is 6. The summed E-state index contributed by atoms with van der Waals surface area (Å²) in [5.41, 5.74) is 6.36. The summed E-state index contributed by atoms with van der Waals surface area (Å²) in [4.78, 5) is 28.8. The fourth-order valence-electron chi connectivity index (χ4n) is 4.81. The van der Waals surface area contributed by atoms with Crippen molar-refractivity contribution in [1.82, 2.24) is 24.4 Å². The van der Waals surface area contributed by atoms with E-state index in [-0.39, 0.29) is 18.3 Å². The third-order valence-electron chi connectivity index (χ3n) is 6.68. The maximum absolute atomic E-state index is 14.0. The Balaban J connectivity index is 1.43. The van der Waals surface area contributed by atoms with E-state index in [9.17, 15) is 13.6 Å². The van der Waals surface area contributed by atoms with E-state index in [0.29, 0.717) is 67.4 Å². The van der Waals surface area contributed by atoms with Crippen LogP contribution in [0, 0.1) is 5.92 Å². The van der Waals surface area contributed by atoms with E-state index in [0.717, 1.165) is 25.9 Å². The lowest BCUT2D eigenvalue weighted by Gasteiger charge is -2.31. The highest BCUT2D eigenvalue weighted by atomic mass is 19.3. The number of primary amides is 1. The number of amides is 1. The van der Waals surface area contributed by atoms with Gasteiger partial charge >= 0.3 is 0 Å². The number of alkyl halides is 2.